The lowest BCUT2D eigenvalue weighted by Crippen LogP contribution is -2.24. The molecule has 0 atom stereocenters. The Bertz CT molecular complexity index is 1040. The second kappa shape index (κ2) is 9.98. The molecule has 5 nitrogen and oxygen atoms in total. The number of para-hydroxylation sites is 1. The Morgan fingerprint density at radius 1 is 0.897 bits per heavy atom. The molecule has 1 amide bonds. The molecule has 6 heteroatoms. The first-order chi connectivity index (χ1) is 14.2. The third-order valence-corrected chi connectivity index (χ3v) is 4.46. The number of anilines is 3. The predicted octanol–water partition coefficient (Wildman–Crippen LogP) is 5.22. The highest BCUT2D eigenvalue weighted by atomic mass is 35.5. The second-order valence-corrected chi connectivity index (χ2v) is 6.56. The van der Waals surface area contributed by atoms with Crippen molar-refractivity contribution in [2.24, 2.45) is 0 Å². The summed E-state index contributed by atoms with van der Waals surface area (Å²) in [7, 11) is 0. The molecule has 0 saturated heterocycles. The summed E-state index contributed by atoms with van der Waals surface area (Å²) in [6, 6.07) is 26.5. The van der Waals surface area contributed by atoms with Gasteiger partial charge in [-0.2, -0.15) is 5.26 Å². The summed E-state index contributed by atoms with van der Waals surface area (Å²) < 4.78 is 0. The molecule has 0 aliphatic heterocycles. The van der Waals surface area contributed by atoms with E-state index in [0.29, 0.717) is 5.02 Å². The van der Waals surface area contributed by atoms with Crippen LogP contribution >= 0.6 is 11.6 Å². The van der Waals surface area contributed by atoms with E-state index in [1.165, 1.54) is 6.20 Å². The van der Waals surface area contributed by atoms with Gasteiger partial charge in [0.15, 0.2) is 0 Å². The fraction of sp³-hybridized carbons (Fsp3) is 0.0435. The number of carbonyl (C=O) groups excluding carboxylic acids is 1. The number of carbonyl (C=O) groups is 1. The maximum atomic E-state index is 12.2. The second-order valence-electron chi connectivity index (χ2n) is 6.16. The minimum Gasteiger partial charge on any atom is -0.360 e. The van der Waals surface area contributed by atoms with Crippen LogP contribution in [-0.4, -0.2) is 5.91 Å². The number of nitrogens with one attached hydrogen (secondary N) is 3. The maximum Gasteiger partial charge on any atom is 0.263 e. The Balaban J connectivity index is 1.57. The van der Waals surface area contributed by atoms with Gasteiger partial charge < -0.3 is 16.0 Å². The highest BCUT2D eigenvalue weighted by Gasteiger charge is 2.09. The Labute approximate surface area is 174 Å². The third kappa shape index (κ3) is 5.86. The Morgan fingerprint density at radius 3 is 2.21 bits per heavy atom. The molecule has 0 unspecified atom stereocenters. The van der Waals surface area contributed by atoms with E-state index in [4.69, 9.17) is 11.6 Å². The summed E-state index contributed by atoms with van der Waals surface area (Å²) in [5, 5.41) is 18.8. The number of hydrogen-bond donors (Lipinski definition) is 3. The van der Waals surface area contributed by atoms with Gasteiger partial charge in [0, 0.05) is 34.8 Å². The zero-order valence-corrected chi connectivity index (χ0v) is 16.3. The molecule has 0 fully saturated rings. The summed E-state index contributed by atoms with van der Waals surface area (Å²) in [6.07, 6.45) is 1.39. The molecular weight excluding hydrogens is 384 g/mol. The van der Waals surface area contributed by atoms with E-state index >= 15 is 0 Å². The zero-order valence-electron chi connectivity index (χ0n) is 15.5. The largest absolute Gasteiger partial charge is 0.360 e. The summed E-state index contributed by atoms with van der Waals surface area (Å²) in [5.74, 6) is -0.470. The quantitative estimate of drug-likeness (QED) is 0.374. The molecule has 0 spiro atoms. The van der Waals surface area contributed by atoms with Gasteiger partial charge in [-0.15, -0.1) is 0 Å². The molecule has 0 aromatic heterocycles. The van der Waals surface area contributed by atoms with Crippen LogP contribution in [0.5, 0.6) is 0 Å². The number of nitrogens with zero attached hydrogens (tertiary/aromatic N) is 1. The molecule has 3 aromatic carbocycles. The molecule has 0 saturated carbocycles. The lowest BCUT2D eigenvalue weighted by Gasteiger charge is -2.08. The highest BCUT2D eigenvalue weighted by molar-refractivity contribution is 6.31. The summed E-state index contributed by atoms with van der Waals surface area (Å²) in [4.78, 5) is 12.2. The lowest BCUT2D eigenvalue weighted by atomic mass is 10.2. The first kappa shape index (κ1) is 20.0. The van der Waals surface area contributed by atoms with Gasteiger partial charge in [0.25, 0.3) is 5.91 Å². The Hall–Kier alpha value is -3.75. The van der Waals surface area contributed by atoms with Gasteiger partial charge in [0.1, 0.15) is 11.6 Å². The number of rotatable bonds is 7. The average molecular weight is 403 g/mol. The number of amides is 1. The molecule has 144 valence electrons. The highest BCUT2D eigenvalue weighted by Crippen LogP contribution is 2.19. The van der Waals surface area contributed by atoms with Crippen LogP contribution in [0, 0.1) is 11.3 Å². The van der Waals surface area contributed by atoms with Crippen LogP contribution in [-0.2, 0) is 11.3 Å². The molecule has 0 aliphatic rings. The fourth-order valence-electron chi connectivity index (χ4n) is 2.55. The van der Waals surface area contributed by atoms with E-state index in [1.54, 1.807) is 6.07 Å². The topological polar surface area (TPSA) is 77.0 Å². The summed E-state index contributed by atoms with van der Waals surface area (Å²) >= 11 is 6.08. The number of hydrogen-bond acceptors (Lipinski definition) is 4. The first-order valence-electron chi connectivity index (χ1n) is 8.96. The van der Waals surface area contributed by atoms with Crippen LogP contribution in [0.25, 0.3) is 0 Å². The molecule has 3 aromatic rings. The summed E-state index contributed by atoms with van der Waals surface area (Å²) in [5.41, 5.74) is 3.45. The van der Waals surface area contributed by atoms with Gasteiger partial charge in [-0.1, -0.05) is 48.0 Å². The fourth-order valence-corrected chi connectivity index (χ4v) is 2.76. The van der Waals surface area contributed by atoms with Crippen molar-refractivity contribution in [2.45, 2.75) is 6.54 Å². The molecule has 0 aliphatic carbocycles. The van der Waals surface area contributed by atoms with Crippen LogP contribution in [0.15, 0.2) is 90.6 Å². The van der Waals surface area contributed by atoms with Crippen LogP contribution < -0.4 is 16.0 Å². The molecule has 0 bridgehead atoms. The lowest BCUT2D eigenvalue weighted by molar-refractivity contribution is -0.117. The van der Waals surface area contributed by atoms with Gasteiger partial charge in [0.2, 0.25) is 0 Å². The van der Waals surface area contributed by atoms with Crippen LogP contribution in [0.2, 0.25) is 5.02 Å². The van der Waals surface area contributed by atoms with Gasteiger partial charge >= 0.3 is 0 Å². The smallest absolute Gasteiger partial charge is 0.263 e. The van der Waals surface area contributed by atoms with Crippen molar-refractivity contribution in [3.8, 4) is 6.07 Å². The molecule has 3 rings (SSSR count). The van der Waals surface area contributed by atoms with Crippen molar-refractivity contribution >= 4 is 34.6 Å². The van der Waals surface area contributed by atoms with Crippen molar-refractivity contribution in [3.63, 3.8) is 0 Å². The van der Waals surface area contributed by atoms with Gasteiger partial charge in [-0.3, -0.25) is 4.79 Å². The predicted molar refractivity (Wildman–Crippen MR) is 117 cm³/mol. The van der Waals surface area contributed by atoms with E-state index in [0.717, 1.165) is 22.6 Å². The van der Waals surface area contributed by atoms with E-state index in [2.05, 4.69) is 16.0 Å². The van der Waals surface area contributed by atoms with Crippen LogP contribution in [0.3, 0.4) is 0 Å². The minimum absolute atomic E-state index is 0.0245. The molecular formula is C23H19ClN4O. The third-order valence-electron chi connectivity index (χ3n) is 4.09. The van der Waals surface area contributed by atoms with Crippen molar-refractivity contribution in [1.29, 1.82) is 5.26 Å². The Morgan fingerprint density at radius 2 is 1.52 bits per heavy atom. The van der Waals surface area contributed by atoms with E-state index in [-0.39, 0.29) is 12.1 Å². The number of benzene rings is 3. The number of nitriles is 1. The van der Waals surface area contributed by atoms with E-state index < -0.39 is 5.91 Å². The van der Waals surface area contributed by atoms with Gasteiger partial charge in [-0.25, -0.2) is 0 Å². The Kier molecular flexibility index (Phi) is 6.88. The van der Waals surface area contributed by atoms with Crippen molar-refractivity contribution in [2.75, 3.05) is 10.6 Å². The van der Waals surface area contributed by atoms with Crippen molar-refractivity contribution < 1.29 is 4.79 Å². The molecule has 29 heavy (non-hydrogen) atoms. The molecule has 0 heterocycles. The molecule has 3 N–H and O–H groups in total. The first-order valence-corrected chi connectivity index (χ1v) is 9.34. The van der Waals surface area contributed by atoms with Crippen LogP contribution in [0.1, 0.15) is 5.56 Å². The van der Waals surface area contributed by atoms with Gasteiger partial charge in [0.05, 0.1) is 0 Å². The molecule has 0 radical (unpaired) electrons. The maximum absolute atomic E-state index is 12.2. The minimum atomic E-state index is -0.470. The SMILES string of the molecule is N#C/C(=C/Nc1ccc(Nc2ccccc2)cc1)C(=O)NCc1ccccc1Cl. The summed E-state index contributed by atoms with van der Waals surface area (Å²) in [6.45, 7) is 0.247. The monoisotopic (exact) mass is 402 g/mol. The standard InChI is InChI=1S/C23H19ClN4O/c24-22-9-5-4-6-17(22)15-27-23(29)18(14-25)16-26-19-10-12-21(13-11-19)28-20-7-2-1-3-8-20/h1-13,16,26,28H,15H2,(H,27,29)/b18-16-. The van der Waals surface area contributed by atoms with Gasteiger partial charge in [-0.05, 0) is 48.0 Å². The van der Waals surface area contributed by atoms with E-state index in [9.17, 15) is 10.1 Å². The average Bonchev–Trinajstić information content (AvgIpc) is 2.75. The number of halogens is 1. The van der Waals surface area contributed by atoms with Crippen molar-refractivity contribution in [1.82, 2.24) is 5.32 Å². The normalized spacial score (nSPS) is 10.7. The zero-order chi connectivity index (χ0) is 20.5. The van der Waals surface area contributed by atoms with Crippen molar-refractivity contribution in [3.05, 3.63) is 101 Å². The van der Waals surface area contributed by atoms with E-state index in [1.807, 2.05) is 78.9 Å². The van der Waals surface area contributed by atoms with Crippen LogP contribution in [0.4, 0.5) is 17.1 Å².